The molecule has 0 radical (unpaired) electrons. The van der Waals surface area contributed by atoms with Crippen molar-refractivity contribution in [1.82, 2.24) is 0 Å². The molecular weight excluding hydrogens is 564 g/mol. The van der Waals surface area contributed by atoms with Gasteiger partial charge >= 0.3 is 5.97 Å². The van der Waals surface area contributed by atoms with Crippen LogP contribution in [0, 0.1) is 12.8 Å². The van der Waals surface area contributed by atoms with Crippen LogP contribution in [0.25, 0.3) is 0 Å². The summed E-state index contributed by atoms with van der Waals surface area (Å²) in [6, 6.07) is 17.6. The SMILES string of the molecule is COc1ccccc1Oc1ccc(N2C[C@@H](C(=O)OCC(=O)Nc3cc(Cl)c(Br)cc3C)CC2=O)cc1. The topological polar surface area (TPSA) is 94.2 Å². The fraction of sp³-hybridized carbons (Fsp3) is 0.222. The van der Waals surface area contributed by atoms with E-state index in [-0.39, 0.29) is 18.9 Å². The highest BCUT2D eigenvalue weighted by molar-refractivity contribution is 9.10. The van der Waals surface area contributed by atoms with Crippen molar-refractivity contribution in [1.29, 1.82) is 0 Å². The summed E-state index contributed by atoms with van der Waals surface area (Å²) in [5.74, 6) is -0.232. The van der Waals surface area contributed by atoms with Crippen LogP contribution in [0.1, 0.15) is 12.0 Å². The molecule has 1 fully saturated rings. The zero-order chi connectivity index (χ0) is 26.5. The van der Waals surface area contributed by atoms with Crippen LogP contribution < -0.4 is 19.7 Å². The summed E-state index contributed by atoms with van der Waals surface area (Å²) in [4.78, 5) is 39.0. The van der Waals surface area contributed by atoms with E-state index in [0.29, 0.717) is 38.1 Å². The molecular formula is C27H24BrClN2O6. The summed E-state index contributed by atoms with van der Waals surface area (Å²) < 4.78 is 17.1. The van der Waals surface area contributed by atoms with Crippen molar-refractivity contribution < 1.29 is 28.6 Å². The molecule has 1 aliphatic heterocycles. The molecule has 1 saturated heterocycles. The van der Waals surface area contributed by atoms with Gasteiger partial charge in [-0.2, -0.15) is 0 Å². The number of rotatable bonds is 8. The smallest absolute Gasteiger partial charge is 0.311 e. The monoisotopic (exact) mass is 586 g/mol. The van der Waals surface area contributed by atoms with E-state index in [1.165, 1.54) is 4.90 Å². The van der Waals surface area contributed by atoms with Gasteiger partial charge in [-0.25, -0.2) is 0 Å². The Morgan fingerprint density at radius 2 is 1.81 bits per heavy atom. The highest BCUT2D eigenvalue weighted by atomic mass is 79.9. The number of esters is 1. The minimum Gasteiger partial charge on any atom is -0.493 e. The highest BCUT2D eigenvalue weighted by Gasteiger charge is 2.36. The predicted molar refractivity (Wildman–Crippen MR) is 143 cm³/mol. The Morgan fingerprint density at radius 1 is 1.11 bits per heavy atom. The number of nitrogens with one attached hydrogen (secondary N) is 1. The van der Waals surface area contributed by atoms with Crippen molar-refractivity contribution in [3.8, 4) is 17.2 Å². The lowest BCUT2D eigenvalue weighted by molar-refractivity contribution is -0.151. The van der Waals surface area contributed by atoms with Crippen LogP contribution in [0.4, 0.5) is 11.4 Å². The molecule has 37 heavy (non-hydrogen) atoms. The second-order valence-electron chi connectivity index (χ2n) is 8.39. The molecule has 8 nitrogen and oxygen atoms in total. The molecule has 0 aromatic heterocycles. The number of aryl methyl sites for hydroxylation is 1. The van der Waals surface area contributed by atoms with Crippen molar-refractivity contribution in [2.75, 3.05) is 30.5 Å². The van der Waals surface area contributed by atoms with Crippen LogP contribution in [-0.4, -0.2) is 38.0 Å². The van der Waals surface area contributed by atoms with Crippen LogP contribution in [-0.2, 0) is 19.1 Å². The molecule has 2 amide bonds. The molecule has 4 rings (SSSR count). The number of anilines is 2. The first kappa shape index (κ1) is 26.5. The van der Waals surface area contributed by atoms with Crippen molar-refractivity contribution in [2.45, 2.75) is 13.3 Å². The van der Waals surface area contributed by atoms with E-state index >= 15 is 0 Å². The van der Waals surface area contributed by atoms with Gasteiger partial charge in [0.25, 0.3) is 5.91 Å². The fourth-order valence-corrected chi connectivity index (χ4v) is 4.48. The Morgan fingerprint density at radius 3 is 2.51 bits per heavy atom. The molecule has 0 bridgehead atoms. The standard InChI is InChI=1S/C27H24BrClN2O6/c1-16-11-20(28)21(29)13-22(16)30-25(32)15-36-27(34)17-12-26(33)31(14-17)18-7-9-19(10-8-18)37-24-6-4-3-5-23(24)35-2/h3-11,13,17H,12,14-15H2,1-2H3,(H,30,32)/t17-/m0/s1. The van der Waals surface area contributed by atoms with Crippen LogP contribution in [0.3, 0.4) is 0 Å². The molecule has 10 heteroatoms. The molecule has 0 saturated carbocycles. The number of ether oxygens (including phenoxy) is 3. The summed E-state index contributed by atoms with van der Waals surface area (Å²) in [5.41, 5.74) is 1.95. The van der Waals surface area contributed by atoms with Gasteiger partial charge in [-0.1, -0.05) is 23.7 Å². The number of halogens is 2. The Hall–Kier alpha value is -3.56. The molecule has 1 N–H and O–H groups in total. The normalized spacial score (nSPS) is 14.9. The Balaban J connectivity index is 1.31. The molecule has 1 aliphatic rings. The summed E-state index contributed by atoms with van der Waals surface area (Å²) in [6.45, 7) is 1.51. The number of nitrogens with zero attached hydrogens (tertiary/aromatic N) is 1. The third-order valence-electron chi connectivity index (χ3n) is 5.79. The second-order valence-corrected chi connectivity index (χ2v) is 9.65. The van der Waals surface area contributed by atoms with E-state index < -0.39 is 24.4 Å². The Labute approximate surface area is 227 Å². The van der Waals surface area contributed by atoms with Crippen LogP contribution in [0.5, 0.6) is 17.2 Å². The van der Waals surface area contributed by atoms with Crippen LogP contribution in [0.15, 0.2) is 65.1 Å². The lowest BCUT2D eigenvalue weighted by atomic mass is 10.1. The van der Waals surface area contributed by atoms with E-state index in [9.17, 15) is 14.4 Å². The zero-order valence-corrected chi connectivity index (χ0v) is 22.5. The summed E-state index contributed by atoms with van der Waals surface area (Å²) in [7, 11) is 1.57. The van der Waals surface area contributed by atoms with Gasteiger partial charge in [-0.3, -0.25) is 14.4 Å². The molecule has 1 heterocycles. The third kappa shape index (κ3) is 6.42. The van der Waals surface area contributed by atoms with Gasteiger partial charge in [0.2, 0.25) is 5.91 Å². The minimum atomic E-state index is -0.673. The summed E-state index contributed by atoms with van der Waals surface area (Å²) >= 11 is 9.41. The number of methoxy groups -OCH3 is 1. The minimum absolute atomic E-state index is 0.00134. The first-order valence-corrected chi connectivity index (χ1v) is 12.6. The summed E-state index contributed by atoms with van der Waals surface area (Å²) in [5, 5.41) is 3.12. The largest absolute Gasteiger partial charge is 0.493 e. The van der Waals surface area contributed by atoms with E-state index in [4.69, 9.17) is 25.8 Å². The molecule has 0 spiro atoms. The maximum Gasteiger partial charge on any atom is 0.311 e. The first-order chi connectivity index (χ1) is 17.7. The second kappa shape index (κ2) is 11.7. The Kier molecular flexibility index (Phi) is 8.35. The van der Waals surface area contributed by atoms with E-state index in [2.05, 4.69) is 21.2 Å². The number of amides is 2. The maximum atomic E-state index is 12.6. The fourth-order valence-electron chi connectivity index (χ4n) is 3.86. The first-order valence-electron chi connectivity index (χ1n) is 11.4. The van der Waals surface area contributed by atoms with Gasteiger partial charge in [0.05, 0.1) is 18.1 Å². The number of benzene rings is 3. The quantitative estimate of drug-likeness (QED) is 0.338. The molecule has 1 atom stereocenters. The molecule has 0 aliphatic carbocycles. The van der Waals surface area contributed by atoms with Gasteiger partial charge < -0.3 is 24.4 Å². The van der Waals surface area contributed by atoms with E-state index in [1.807, 2.05) is 19.1 Å². The van der Waals surface area contributed by atoms with Gasteiger partial charge in [-0.05, 0) is 76.9 Å². The molecule has 3 aromatic carbocycles. The number of hydrogen-bond acceptors (Lipinski definition) is 6. The van der Waals surface area contributed by atoms with Gasteiger partial charge in [0, 0.05) is 28.8 Å². The van der Waals surface area contributed by atoms with Crippen LogP contribution >= 0.6 is 27.5 Å². The average Bonchev–Trinajstić information content (AvgIpc) is 3.28. The predicted octanol–water partition coefficient (Wildman–Crippen LogP) is 5.75. The van der Waals surface area contributed by atoms with Crippen molar-refractivity contribution in [3.05, 3.63) is 75.7 Å². The molecule has 192 valence electrons. The Bertz CT molecular complexity index is 1330. The van der Waals surface area contributed by atoms with Crippen molar-refractivity contribution >= 4 is 56.7 Å². The lowest BCUT2D eigenvalue weighted by Gasteiger charge is -2.17. The highest BCUT2D eigenvalue weighted by Crippen LogP contribution is 2.33. The van der Waals surface area contributed by atoms with E-state index in [1.54, 1.807) is 55.6 Å². The maximum absolute atomic E-state index is 12.6. The molecule has 0 unspecified atom stereocenters. The number of para-hydroxylation sites is 2. The zero-order valence-electron chi connectivity index (χ0n) is 20.1. The lowest BCUT2D eigenvalue weighted by Crippen LogP contribution is -2.28. The van der Waals surface area contributed by atoms with Crippen molar-refractivity contribution in [2.24, 2.45) is 5.92 Å². The van der Waals surface area contributed by atoms with Crippen molar-refractivity contribution in [3.63, 3.8) is 0 Å². The number of hydrogen-bond donors (Lipinski definition) is 1. The van der Waals surface area contributed by atoms with Gasteiger partial charge in [0.1, 0.15) is 5.75 Å². The van der Waals surface area contributed by atoms with Gasteiger partial charge in [-0.15, -0.1) is 0 Å². The molecule has 3 aromatic rings. The summed E-state index contributed by atoms with van der Waals surface area (Å²) in [6.07, 6.45) is 0.00134. The number of carbonyl (C=O) groups is 3. The third-order valence-corrected chi connectivity index (χ3v) is 6.99. The number of carbonyl (C=O) groups excluding carboxylic acids is 3. The average molecular weight is 588 g/mol. The van der Waals surface area contributed by atoms with E-state index in [0.717, 1.165) is 5.56 Å². The van der Waals surface area contributed by atoms with Crippen LogP contribution in [0.2, 0.25) is 5.02 Å². The van der Waals surface area contributed by atoms with Gasteiger partial charge in [0.15, 0.2) is 18.1 Å².